The highest BCUT2D eigenvalue weighted by Gasteiger charge is 2.26. The van der Waals surface area contributed by atoms with Gasteiger partial charge in [0.05, 0.1) is 12.8 Å². The topological polar surface area (TPSA) is 71.0 Å². The summed E-state index contributed by atoms with van der Waals surface area (Å²) in [6.07, 6.45) is 0.608. The normalized spacial score (nSPS) is 14.0. The minimum absolute atomic E-state index is 0.101. The van der Waals surface area contributed by atoms with Crippen LogP contribution in [0, 0.1) is 13.8 Å². The zero-order valence-electron chi connectivity index (χ0n) is 15.8. The number of anilines is 1. The molecule has 1 N–H and O–H groups in total. The van der Waals surface area contributed by atoms with Crippen molar-refractivity contribution >= 4 is 23.2 Å². The highest BCUT2D eigenvalue weighted by molar-refractivity contribution is 6.40. The molecule has 0 aliphatic carbocycles. The summed E-state index contributed by atoms with van der Waals surface area (Å²) in [5.74, 6) is 0.411. The molecule has 140 valence electrons. The summed E-state index contributed by atoms with van der Waals surface area (Å²) in [4.78, 5) is 24.9. The highest BCUT2D eigenvalue weighted by Crippen LogP contribution is 2.25. The summed E-state index contributed by atoms with van der Waals surface area (Å²) >= 11 is 0. The van der Waals surface area contributed by atoms with Crippen LogP contribution in [0.5, 0.6) is 5.75 Å². The van der Waals surface area contributed by atoms with Gasteiger partial charge in [0, 0.05) is 19.4 Å². The summed E-state index contributed by atoms with van der Waals surface area (Å²) in [6.45, 7) is 4.28. The molecule has 2 amide bonds. The van der Waals surface area contributed by atoms with E-state index >= 15 is 0 Å². The smallest absolute Gasteiger partial charge is 0.267 e. The zero-order chi connectivity index (χ0) is 19.4. The Morgan fingerprint density at radius 1 is 1.15 bits per heavy atom. The van der Waals surface area contributed by atoms with Crippen LogP contribution in [-0.4, -0.2) is 24.6 Å². The lowest BCUT2D eigenvalue weighted by molar-refractivity contribution is -0.119. The van der Waals surface area contributed by atoms with Crippen LogP contribution in [0.15, 0.2) is 47.6 Å². The molecule has 6 nitrogen and oxygen atoms in total. The number of rotatable bonds is 5. The van der Waals surface area contributed by atoms with Gasteiger partial charge in [-0.1, -0.05) is 24.3 Å². The first-order valence-corrected chi connectivity index (χ1v) is 8.87. The number of nitrogens with one attached hydrogen (secondary N) is 1. The average Bonchev–Trinajstić information content (AvgIpc) is 2.69. The van der Waals surface area contributed by atoms with Crippen LogP contribution in [0.25, 0.3) is 0 Å². The Morgan fingerprint density at radius 2 is 1.89 bits per heavy atom. The minimum Gasteiger partial charge on any atom is -0.497 e. The summed E-state index contributed by atoms with van der Waals surface area (Å²) in [6, 6.07) is 13.3. The molecular weight excluding hydrogens is 342 g/mol. The molecule has 0 radical (unpaired) electrons. The van der Waals surface area contributed by atoms with E-state index in [0.717, 1.165) is 28.1 Å². The lowest BCUT2D eigenvalue weighted by atomic mass is 10.1. The number of hydrazone groups is 1. The Labute approximate surface area is 158 Å². The predicted octanol–water partition coefficient (Wildman–Crippen LogP) is 3.11. The second-order valence-corrected chi connectivity index (χ2v) is 6.57. The van der Waals surface area contributed by atoms with Gasteiger partial charge in [-0.15, -0.1) is 0 Å². The molecule has 27 heavy (non-hydrogen) atoms. The lowest BCUT2D eigenvalue weighted by Crippen LogP contribution is -2.39. The minimum atomic E-state index is -0.256. The van der Waals surface area contributed by atoms with Gasteiger partial charge in [-0.2, -0.15) is 5.10 Å². The molecule has 1 heterocycles. The molecular formula is C21H23N3O3. The number of carbonyl (C=O) groups is 2. The monoisotopic (exact) mass is 365 g/mol. The average molecular weight is 365 g/mol. The third-order valence-electron chi connectivity index (χ3n) is 4.50. The molecule has 2 aromatic rings. The molecule has 0 fully saturated rings. The van der Waals surface area contributed by atoms with Crippen LogP contribution in [0.3, 0.4) is 0 Å². The maximum Gasteiger partial charge on any atom is 0.267 e. The fourth-order valence-electron chi connectivity index (χ4n) is 2.88. The number of hydrogen-bond donors (Lipinski definition) is 1. The van der Waals surface area contributed by atoms with Gasteiger partial charge in [0.15, 0.2) is 0 Å². The van der Waals surface area contributed by atoms with E-state index < -0.39 is 0 Å². The second kappa shape index (κ2) is 8.03. The van der Waals surface area contributed by atoms with E-state index in [1.807, 2.05) is 56.3 Å². The van der Waals surface area contributed by atoms with Crippen molar-refractivity contribution in [3.8, 4) is 5.75 Å². The molecule has 6 heteroatoms. The van der Waals surface area contributed by atoms with Gasteiger partial charge in [0.25, 0.3) is 5.91 Å². The van der Waals surface area contributed by atoms with Crippen molar-refractivity contribution < 1.29 is 14.3 Å². The van der Waals surface area contributed by atoms with Gasteiger partial charge in [-0.25, -0.2) is 5.01 Å². The Kier molecular flexibility index (Phi) is 5.54. The molecule has 0 aromatic heterocycles. The van der Waals surface area contributed by atoms with Crippen molar-refractivity contribution in [3.05, 3.63) is 59.2 Å². The number of aryl methyl sites for hydroxylation is 2. The molecule has 0 saturated carbocycles. The first-order valence-electron chi connectivity index (χ1n) is 8.87. The fraction of sp³-hybridized carbons (Fsp3) is 0.286. The van der Waals surface area contributed by atoms with Crippen LogP contribution in [0.4, 0.5) is 5.69 Å². The SMILES string of the molecule is COc1ccc(CNC(=O)C2=NN(c3cc(C)ccc3C)C(=O)CC2)cc1. The molecule has 1 aliphatic heterocycles. The van der Waals surface area contributed by atoms with Crippen molar-refractivity contribution in [1.82, 2.24) is 5.32 Å². The van der Waals surface area contributed by atoms with Gasteiger partial charge < -0.3 is 10.1 Å². The molecule has 0 spiro atoms. The van der Waals surface area contributed by atoms with E-state index in [-0.39, 0.29) is 18.2 Å². The van der Waals surface area contributed by atoms with Crippen LogP contribution in [-0.2, 0) is 16.1 Å². The standard InChI is InChI=1S/C21H23N3O3/c1-14-4-5-15(2)19(12-14)24-20(25)11-10-18(23-24)21(26)22-13-16-6-8-17(27-3)9-7-16/h4-9,12H,10-11,13H2,1-3H3,(H,22,26). The van der Waals surface area contributed by atoms with Gasteiger partial charge in [0.2, 0.25) is 5.91 Å². The van der Waals surface area contributed by atoms with E-state index in [1.54, 1.807) is 7.11 Å². The number of methoxy groups -OCH3 is 1. The van der Waals surface area contributed by atoms with Crippen LogP contribution in [0.2, 0.25) is 0 Å². The molecule has 0 saturated heterocycles. The Bertz CT molecular complexity index is 888. The Morgan fingerprint density at radius 3 is 2.59 bits per heavy atom. The summed E-state index contributed by atoms with van der Waals surface area (Å²) in [7, 11) is 1.61. The van der Waals surface area contributed by atoms with Crippen molar-refractivity contribution in [3.63, 3.8) is 0 Å². The van der Waals surface area contributed by atoms with Gasteiger partial charge in [0.1, 0.15) is 11.5 Å². The first-order chi connectivity index (χ1) is 13.0. The Balaban J connectivity index is 1.73. The van der Waals surface area contributed by atoms with Gasteiger partial charge >= 0.3 is 0 Å². The number of amides is 2. The molecule has 0 atom stereocenters. The largest absolute Gasteiger partial charge is 0.497 e. The summed E-state index contributed by atoms with van der Waals surface area (Å²) in [5.41, 5.74) is 4.03. The van der Waals surface area contributed by atoms with Crippen LogP contribution >= 0.6 is 0 Å². The maximum absolute atomic E-state index is 12.5. The molecule has 0 unspecified atom stereocenters. The van der Waals surface area contributed by atoms with E-state index in [4.69, 9.17) is 4.74 Å². The molecule has 2 aromatic carbocycles. The van der Waals surface area contributed by atoms with E-state index in [9.17, 15) is 9.59 Å². The van der Waals surface area contributed by atoms with E-state index in [0.29, 0.717) is 18.7 Å². The van der Waals surface area contributed by atoms with Crippen molar-refractivity contribution in [2.45, 2.75) is 33.2 Å². The number of ether oxygens (including phenoxy) is 1. The van der Waals surface area contributed by atoms with E-state index in [2.05, 4.69) is 10.4 Å². The van der Waals surface area contributed by atoms with Gasteiger partial charge in [-0.3, -0.25) is 9.59 Å². The molecule has 1 aliphatic rings. The number of carbonyl (C=O) groups excluding carboxylic acids is 2. The number of hydrogen-bond acceptors (Lipinski definition) is 4. The van der Waals surface area contributed by atoms with Gasteiger partial charge in [-0.05, 0) is 48.7 Å². The highest BCUT2D eigenvalue weighted by atomic mass is 16.5. The number of benzene rings is 2. The van der Waals surface area contributed by atoms with Crippen molar-refractivity contribution in [2.75, 3.05) is 12.1 Å². The van der Waals surface area contributed by atoms with Crippen molar-refractivity contribution in [1.29, 1.82) is 0 Å². The van der Waals surface area contributed by atoms with E-state index in [1.165, 1.54) is 5.01 Å². The van der Waals surface area contributed by atoms with Crippen LogP contribution in [0.1, 0.15) is 29.5 Å². The first kappa shape index (κ1) is 18.6. The summed E-state index contributed by atoms with van der Waals surface area (Å²) in [5, 5.41) is 8.57. The predicted molar refractivity (Wildman–Crippen MR) is 105 cm³/mol. The third-order valence-corrected chi connectivity index (χ3v) is 4.50. The Hall–Kier alpha value is -3.15. The molecule has 0 bridgehead atoms. The lowest BCUT2D eigenvalue weighted by Gasteiger charge is -2.24. The molecule has 3 rings (SSSR count). The number of nitrogens with zero attached hydrogens (tertiary/aromatic N) is 2. The fourth-order valence-corrected chi connectivity index (χ4v) is 2.88. The summed E-state index contributed by atoms with van der Waals surface area (Å²) < 4.78 is 5.13. The maximum atomic E-state index is 12.5. The van der Waals surface area contributed by atoms with Crippen LogP contribution < -0.4 is 15.1 Å². The quantitative estimate of drug-likeness (QED) is 0.885. The zero-order valence-corrected chi connectivity index (χ0v) is 15.8. The third kappa shape index (κ3) is 4.34. The second-order valence-electron chi connectivity index (χ2n) is 6.57. The van der Waals surface area contributed by atoms with Crippen molar-refractivity contribution in [2.24, 2.45) is 5.10 Å².